The van der Waals surface area contributed by atoms with E-state index in [0.29, 0.717) is 27.3 Å². The van der Waals surface area contributed by atoms with Crippen LogP contribution in [0.4, 0.5) is 20.2 Å². The third kappa shape index (κ3) is 4.64. The Morgan fingerprint density at radius 1 is 1.11 bits per heavy atom. The highest BCUT2D eigenvalue weighted by atomic mass is 19.3. The van der Waals surface area contributed by atoms with E-state index in [0.717, 1.165) is 13.1 Å². The quantitative estimate of drug-likeness (QED) is 0.838. The number of carbonyl (C=O) groups is 1. The van der Waals surface area contributed by atoms with E-state index in [2.05, 4.69) is 15.3 Å². The lowest BCUT2D eigenvalue weighted by molar-refractivity contribution is -0.115. The van der Waals surface area contributed by atoms with Crippen LogP contribution < -0.4 is 10.2 Å². The number of nitrogens with one attached hydrogen (secondary N) is 1. The molecule has 1 amide bonds. The van der Waals surface area contributed by atoms with Gasteiger partial charge in [0.15, 0.2) is 0 Å². The van der Waals surface area contributed by atoms with Crippen LogP contribution in [0.5, 0.6) is 0 Å². The lowest BCUT2D eigenvalue weighted by Crippen LogP contribution is -2.23. The van der Waals surface area contributed by atoms with Crippen molar-refractivity contribution in [3.05, 3.63) is 41.2 Å². The Balaban J connectivity index is 1.63. The standard InChI is InChI=1S/C20H26F2N4O/c1-14-18(15(2)26(24-14)20(21)22)13-19(27)23-16-7-9-17(10-8-16)25-11-5-3-4-6-12-25/h7-10,20H,3-6,11-13H2,1-2H3,(H,23,27). The Morgan fingerprint density at radius 2 is 1.74 bits per heavy atom. The molecule has 3 rings (SSSR count). The first-order valence-corrected chi connectivity index (χ1v) is 9.43. The van der Waals surface area contributed by atoms with Crippen LogP contribution in [0, 0.1) is 13.8 Å². The molecule has 2 aromatic rings. The van der Waals surface area contributed by atoms with Crippen LogP contribution in [0.25, 0.3) is 0 Å². The summed E-state index contributed by atoms with van der Waals surface area (Å²) in [6.45, 7) is 2.64. The van der Waals surface area contributed by atoms with E-state index < -0.39 is 6.55 Å². The van der Waals surface area contributed by atoms with Crippen molar-refractivity contribution in [1.82, 2.24) is 9.78 Å². The Bertz CT molecular complexity index is 778. The minimum Gasteiger partial charge on any atom is -0.372 e. The summed E-state index contributed by atoms with van der Waals surface area (Å²) >= 11 is 0. The normalized spacial score (nSPS) is 15.1. The zero-order valence-corrected chi connectivity index (χ0v) is 15.8. The van der Waals surface area contributed by atoms with Gasteiger partial charge in [-0.25, -0.2) is 4.68 Å². The van der Waals surface area contributed by atoms with Crippen LogP contribution in [0.3, 0.4) is 0 Å². The van der Waals surface area contributed by atoms with Gasteiger partial charge in [0.05, 0.1) is 12.1 Å². The number of alkyl halides is 2. The van der Waals surface area contributed by atoms with Crippen molar-refractivity contribution in [2.75, 3.05) is 23.3 Å². The number of rotatable bonds is 5. The van der Waals surface area contributed by atoms with E-state index in [1.165, 1.54) is 31.4 Å². The molecule has 5 nitrogen and oxygen atoms in total. The minimum atomic E-state index is -2.70. The fourth-order valence-corrected chi connectivity index (χ4v) is 3.59. The van der Waals surface area contributed by atoms with Crippen molar-refractivity contribution in [1.29, 1.82) is 0 Å². The molecule has 0 radical (unpaired) electrons. The molecular weight excluding hydrogens is 350 g/mol. The largest absolute Gasteiger partial charge is 0.372 e. The first-order chi connectivity index (χ1) is 13.0. The van der Waals surface area contributed by atoms with Crippen LogP contribution in [0.2, 0.25) is 0 Å². The van der Waals surface area contributed by atoms with Crippen molar-refractivity contribution in [2.45, 2.75) is 52.5 Å². The number of aromatic nitrogens is 2. The smallest absolute Gasteiger partial charge is 0.333 e. The number of amides is 1. The second kappa shape index (κ2) is 8.50. The van der Waals surface area contributed by atoms with Gasteiger partial charge in [0, 0.05) is 35.7 Å². The fraction of sp³-hybridized carbons (Fsp3) is 0.500. The Kier molecular flexibility index (Phi) is 6.08. The molecule has 1 fully saturated rings. The van der Waals surface area contributed by atoms with Gasteiger partial charge >= 0.3 is 6.55 Å². The fourth-order valence-electron chi connectivity index (χ4n) is 3.59. The van der Waals surface area contributed by atoms with Crippen molar-refractivity contribution in [3.63, 3.8) is 0 Å². The lowest BCUT2D eigenvalue weighted by atomic mass is 10.1. The van der Waals surface area contributed by atoms with Gasteiger partial charge < -0.3 is 10.2 Å². The predicted molar refractivity (Wildman–Crippen MR) is 102 cm³/mol. The van der Waals surface area contributed by atoms with Gasteiger partial charge in [0.2, 0.25) is 5.91 Å². The lowest BCUT2D eigenvalue weighted by Gasteiger charge is -2.22. The van der Waals surface area contributed by atoms with Gasteiger partial charge in [-0.3, -0.25) is 4.79 Å². The summed E-state index contributed by atoms with van der Waals surface area (Å²) in [5.74, 6) is -0.238. The summed E-state index contributed by atoms with van der Waals surface area (Å²) in [6.07, 6.45) is 5.02. The zero-order chi connectivity index (χ0) is 19.4. The molecule has 146 valence electrons. The van der Waals surface area contributed by atoms with Crippen molar-refractivity contribution in [2.24, 2.45) is 0 Å². The molecule has 1 aromatic heterocycles. The van der Waals surface area contributed by atoms with E-state index in [1.54, 1.807) is 13.8 Å². The Morgan fingerprint density at radius 3 is 2.30 bits per heavy atom. The van der Waals surface area contributed by atoms with Gasteiger partial charge in [-0.2, -0.15) is 13.9 Å². The van der Waals surface area contributed by atoms with Crippen molar-refractivity contribution in [3.8, 4) is 0 Å². The molecule has 0 spiro atoms. The van der Waals surface area contributed by atoms with Gasteiger partial charge in [0.25, 0.3) is 0 Å². The monoisotopic (exact) mass is 376 g/mol. The number of hydrogen-bond acceptors (Lipinski definition) is 3. The second-order valence-corrected chi connectivity index (χ2v) is 7.04. The molecule has 1 aromatic carbocycles. The molecule has 27 heavy (non-hydrogen) atoms. The predicted octanol–water partition coefficient (Wildman–Crippen LogP) is 4.46. The average molecular weight is 376 g/mol. The highest BCUT2D eigenvalue weighted by Crippen LogP contribution is 2.23. The summed E-state index contributed by atoms with van der Waals surface area (Å²) in [4.78, 5) is 14.7. The van der Waals surface area contributed by atoms with Crippen molar-refractivity contribution >= 4 is 17.3 Å². The maximum absolute atomic E-state index is 12.9. The minimum absolute atomic E-state index is 0.0261. The highest BCUT2D eigenvalue weighted by Gasteiger charge is 2.19. The van der Waals surface area contributed by atoms with Gasteiger partial charge in [-0.1, -0.05) is 12.8 Å². The third-order valence-electron chi connectivity index (χ3n) is 5.12. The maximum atomic E-state index is 12.9. The maximum Gasteiger partial charge on any atom is 0.333 e. The molecule has 0 bridgehead atoms. The van der Waals surface area contributed by atoms with E-state index in [-0.39, 0.29) is 12.3 Å². The first-order valence-electron chi connectivity index (χ1n) is 9.43. The number of hydrogen-bond donors (Lipinski definition) is 1. The number of halogens is 2. The van der Waals surface area contributed by atoms with E-state index in [4.69, 9.17) is 0 Å². The average Bonchev–Trinajstić information content (AvgIpc) is 2.84. The van der Waals surface area contributed by atoms with Gasteiger partial charge in [0.1, 0.15) is 0 Å². The van der Waals surface area contributed by atoms with E-state index in [1.807, 2.05) is 24.3 Å². The van der Waals surface area contributed by atoms with Crippen LogP contribution >= 0.6 is 0 Å². The Labute approximate surface area is 158 Å². The topological polar surface area (TPSA) is 50.2 Å². The summed E-state index contributed by atoms with van der Waals surface area (Å²) < 4.78 is 26.5. The van der Waals surface area contributed by atoms with E-state index in [9.17, 15) is 13.6 Å². The first kappa shape index (κ1) is 19.3. The highest BCUT2D eigenvalue weighted by molar-refractivity contribution is 5.92. The molecule has 1 N–H and O–H groups in total. The molecule has 7 heteroatoms. The summed E-state index contributed by atoms with van der Waals surface area (Å²) in [5.41, 5.74) is 3.21. The summed E-state index contributed by atoms with van der Waals surface area (Å²) in [5, 5.41) is 6.67. The molecule has 0 atom stereocenters. The Hall–Kier alpha value is -2.44. The summed E-state index contributed by atoms with van der Waals surface area (Å²) in [7, 11) is 0. The second-order valence-electron chi connectivity index (χ2n) is 7.04. The molecule has 0 saturated carbocycles. The molecule has 1 aliphatic rings. The number of benzene rings is 1. The number of aryl methyl sites for hydroxylation is 1. The van der Waals surface area contributed by atoms with Crippen LogP contribution in [0.15, 0.2) is 24.3 Å². The molecule has 2 heterocycles. The van der Waals surface area contributed by atoms with Crippen LogP contribution in [-0.4, -0.2) is 28.8 Å². The molecule has 0 unspecified atom stereocenters. The number of carbonyl (C=O) groups excluding carboxylic acids is 1. The number of nitrogens with zero attached hydrogens (tertiary/aromatic N) is 3. The number of anilines is 2. The van der Waals surface area contributed by atoms with Crippen molar-refractivity contribution < 1.29 is 13.6 Å². The SMILES string of the molecule is Cc1nn(C(F)F)c(C)c1CC(=O)Nc1ccc(N2CCCCCC2)cc1. The molecular formula is C20H26F2N4O. The van der Waals surface area contributed by atoms with Gasteiger partial charge in [-0.05, 0) is 51.0 Å². The van der Waals surface area contributed by atoms with Gasteiger partial charge in [-0.15, -0.1) is 0 Å². The summed E-state index contributed by atoms with van der Waals surface area (Å²) in [6, 6.07) is 7.82. The third-order valence-corrected chi connectivity index (χ3v) is 5.12. The zero-order valence-electron chi connectivity index (χ0n) is 15.8. The van der Waals surface area contributed by atoms with Crippen LogP contribution in [-0.2, 0) is 11.2 Å². The molecule has 1 saturated heterocycles. The van der Waals surface area contributed by atoms with E-state index >= 15 is 0 Å². The van der Waals surface area contributed by atoms with Crippen LogP contribution in [0.1, 0.15) is 49.2 Å². The molecule has 0 aliphatic carbocycles. The molecule has 1 aliphatic heterocycles.